The van der Waals surface area contributed by atoms with Crippen molar-refractivity contribution >= 4 is 45.5 Å². The Morgan fingerprint density at radius 1 is 1.29 bits per heavy atom. The summed E-state index contributed by atoms with van der Waals surface area (Å²) in [5.74, 6) is 0.0699. The molecule has 0 bridgehead atoms. The highest BCUT2D eigenvalue weighted by atomic mass is 32.1. The molecule has 3 rings (SSSR count). The smallest absolute Gasteiger partial charge is 0.348 e. The maximum Gasteiger partial charge on any atom is 0.348 e. The number of nitriles is 1. The van der Waals surface area contributed by atoms with Crippen LogP contribution >= 0.6 is 23.6 Å². The van der Waals surface area contributed by atoms with E-state index in [2.05, 4.69) is 10.6 Å². The molecule has 28 heavy (non-hydrogen) atoms. The van der Waals surface area contributed by atoms with E-state index in [-0.39, 0.29) is 10.7 Å². The molecule has 0 atom stereocenters. The second-order valence-corrected chi connectivity index (χ2v) is 7.06. The number of nitrogens with one attached hydrogen (secondary N) is 2. The lowest BCUT2D eigenvalue weighted by Gasteiger charge is -2.18. The number of nitrogens with zero attached hydrogens (tertiary/aromatic N) is 1. The molecule has 2 aromatic rings. The average Bonchev–Trinajstić information content (AvgIpc) is 3.01. The van der Waals surface area contributed by atoms with Crippen LogP contribution in [-0.4, -0.2) is 37.3 Å². The van der Waals surface area contributed by atoms with Gasteiger partial charge in [0.05, 0.1) is 12.7 Å². The Kier molecular flexibility index (Phi) is 5.77. The number of ether oxygens (including phenoxy) is 3. The lowest BCUT2D eigenvalue weighted by Crippen LogP contribution is -2.34. The molecule has 1 aromatic heterocycles. The molecular formula is C18H15N3O5S2. The van der Waals surface area contributed by atoms with Gasteiger partial charge in [0.1, 0.15) is 29.2 Å². The third-order valence-electron chi connectivity index (χ3n) is 3.89. The highest BCUT2D eigenvalue weighted by Gasteiger charge is 2.22. The van der Waals surface area contributed by atoms with Crippen LogP contribution in [-0.2, 0) is 4.74 Å². The number of hydrogen-bond donors (Lipinski definition) is 2. The van der Waals surface area contributed by atoms with Crippen molar-refractivity contribution in [3.63, 3.8) is 0 Å². The Bertz CT molecular complexity index is 1010. The fraction of sp³-hybridized carbons (Fsp3) is 0.222. The molecule has 1 aliphatic heterocycles. The predicted molar refractivity (Wildman–Crippen MR) is 106 cm³/mol. The average molecular weight is 417 g/mol. The van der Waals surface area contributed by atoms with Crippen molar-refractivity contribution in [1.29, 1.82) is 5.26 Å². The van der Waals surface area contributed by atoms with E-state index in [1.54, 1.807) is 25.1 Å². The van der Waals surface area contributed by atoms with Crippen LogP contribution in [0.5, 0.6) is 11.5 Å². The molecule has 0 saturated heterocycles. The number of rotatable bonds is 3. The Morgan fingerprint density at radius 3 is 2.68 bits per heavy atom. The van der Waals surface area contributed by atoms with Crippen LogP contribution in [0.25, 0.3) is 0 Å². The molecule has 0 radical (unpaired) electrons. The topological polar surface area (TPSA) is 110 Å². The van der Waals surface area contributed by atoms with Crippen molar-refractivity contribution in [1.82, 2.24) is 5.32 Å². The normalized spacial score (nSPS) is 11.9. The zero-order chi connectivity index (χ0) is 20.3. The van der Waals surface area contributed by atoms with Crippen LogP contribution in [0, 0.1) is 18.3 Å². The van der Waals surface area contributed by atoms with E-state index in [9.17, 15) is 14.9 Å². The van der Waals surface area contributed by atoms with Gasteiger partial charge in [0.15, 0.2) is 16.6 Å². The van der Waals surface area contributed by atoms with Gasteiger partial charge in [0, 0.05) is 5.56 Å². The van der Waals surface area contributed by atoms with Gasteiger partial charge in [-0.3, -0.25) is 10.1 Å². The standard InChI is InChI=1S/C18H15N3O5S2/c1-9-11(8-19)16(28-14(9)17(23)24-2)21-18(27)20-15(22)10-3-4-12-13(7-10)26-6-5-25-12/h3-4,7H,5-6H2,1-2H3,(H2,20,21,22,27). The predicted octanol–water partition coefficient (Wildman–Crippen LogP) is 2.61. The van der Waals surface area contributed by atoms with E-state index in [1.165, 1.54) is 7.11 Å². The summed E-state index contributed by atoms with van der Waals surface area (Å²) in [6.45, 7) is 2.51. The number of anilines is 1. The maximum atomic E-state index is 12.4. The first-order chi connectivity index (χ1) is 13.4. The number of benzene rings is 1. The lowest BCUT2D eigenvalue weighted by molar-refractivity contribution is 0.0605. The molecule has 0 saturated carbocycles. The third-order valence-corrected chi connectivity index (χ3v) is 5.28. The largest absolute Gasteiger partial charge is 0.486 e. The summed E-state index contributed by atoms with van der Waals surface area (Å²) < 4.78 is 15.6. The summed E-state index contributed by atoms with van der Waals surface area (Å²) in [6, 6.07) is 6.84. The maximum absolute atomic E-state index is 12.4. The van der Waals surface area contributed by atoms with Gasteiger partial charge in [0.25, 0.3) is 5.91 Å². The van der Waals surface area contributed by atoms with Crippen LogP contribution in [0.4, 0.5) is 5.00 Å². The summed E-state index contributed by atoms with van der Waals surface area (Å²) in [7, 11) is 1.26. The zero-order valence-corrected chi connectivity index (χ0v) is 16.6. The van der Waals surface area contributed by atoms with Crippen molar-refractivity contribution in [3.8, 4) is 17.6 Å². The molecular weight excluding hydrogens is 402 g/mol. The van der Waals surface area contributed by atoms with Crippen LogP contribution in [0.15, 0.2) is 18.2 Å². The summed E-state index contributed by atoms with van der Waals surface area (Å²) >= 11 is 6.20. The van der Waals surface area contributed by atoms with Crippen molar-refractivity contribution in [2.45, 2.75) is 6.92 Å². The molecule has 0 spiro atoms. The molecule has 144 valence electrons. The van der Waals surface area contributed by atoms with E-state index in [1.807, 2.05) is 6.07 Å². The number of hydrogen-bond acceptors (Lipinski definition) is 8. The molecule has 10 heteroatoms. The van der Waals surface area contributed by atoms with E-state index in [0.29, 0.717) is 45.7 Å². The number of carbonyl (C=O) groups excluding carboxylic acids is 2. The lowest BCUT2D eigenvalue weighted by atomic mass is 10.2. The fourth-order valence-corrected chi connectivity index (χ4v) is 3.86. The zero-order valence-electron chi connectivity index (χ0n) is 15.0. The number of carbonyl (C=O) groups is 2. The molecule has 8 nitrogen and oxygen atoms in total. The van der Waals surface area contributed by atoms with Gasteiger partial charge >= 0.3 is 5.97 Å². The molecule has 1 amide bonds. The van der Waals surface area contributed by atoms with Crippen LogP contribution in [0.1, 0.15) is 31.2 Å². The Hall–Kier alpha value is -3.16. The molecule has 0 aliphatic carbocycles. The van der Waals surface area contributed by atoms with E-state index in [0.717, 1.165) is 11.3 Å². The number of thiocarbonyl (C=S) groups is 1. The monoisotopic (exact) mass is 417 g/mol. The minimum atomic E-state index is -0.543. The molecule has 0 unspecified atom stereocenters. The summed E-state index contributed by atoms with van der Waals surface area (Å²) in [5, 5.41) is 15.0. The number of thiophene rings is 1. The van der Waals surface area contributed by atoms with Gasteiger partial charge in [-0.15, -0.1) is 11.3 Å². The quantitative estimate of drug-likeness (QED) is 0.579. The Balaban J connectivity index is 1.73. The molecule has 2 heterocycles. The number of esters is 1. The van der Waals surface area contributed by atoms with E-state index in [4.69, 9.17) is 26.4 Å². The first-order valence-corrected chi connectivity index (χ1v) is 9.30. The van der Waals surface area contributed by atoms with Gasteiger partial charge in [-0.1, -0.05) is 0 Å². The second kappa shape index (κ2) is 8.24. The highest BCUT2D eigenvalue weighted by molar-refractivity contribution is 7.80. The number of amides is 1. The first-order valence-electron chi connectivity index (χ1n) is 8.08. The van der Waals surface area contributed by atoms with Crippen molar-refractivity contribution in [3.05, 3.63) is 39.8 Å². The Labute approximate surface area is 170 Å². The summed E-state index contributed by atoms with van der Waals surface area (Å²) in [5.41, 5.74) is 1.09. The van der Waals surface area contributed by atoms with Crippen LogP contribution < -0.4 is 20.1 Å². The van der Waals surface area contributed by atoms with Gasteiger partial charge in [-0.05, 0) is 42.9 Å². The van der Waals surface area contributed by atoms with E-state index < -0.39 is 11.9 Å². The highest BCUT2D eigenvalue weighted by Crippen LogP contribution is 2.33. The van der Waals surface area contributed by atoms with Crippen LogP contribution in [0.3, 0.4) is 0 Å². The van der Waals surface area contributed by atoms with Crippen molar-refractivity contribution in [2.75, 3.05) is 25.6 Å². The number of fused-ring (bicyclic) bond motifs is 1. The summed E-state index contributed by atoms with van der Waals surface area (Å²) in [6.07, 6.45) is 0. The summed E-state index contributed by atoms with van der Waals surface area (Å²) in [4.78, 5) is 24.5. The first kappa shape index (κ1) is 19.6. The van der Waals surface area contributed by atoms with Crippen molar-refractivity contribution in [2.24, 2.45) is 0 Å². The van der Waals surface area contributed by atoms with Gasteiger partial charge in [0.2, 0.25) is 0 Å². The third kappa shape index (κ3) is 3.90. The second-order valence-electron chi connectivity index (χ2n) is 5.63. The minimum absolute atomic E-state index is 0.00550. The number of methoxy groups -OCH3 is 1. The molecule has 1 aromatic carbocycles. The van der Waals surface area contributed by atoms with Crippen LogP contribution in [0.2, 0.25) is 0 Å². The van der Waals surface area contributed by atoms with Gasteiger partial charge < -0.3 is 19.5 Å². The molecule has 0 fully saturated rings. The van der Waals surface area contributed by atoms with E-state index >= 15 is 0 Å². The Morgan fingerprint density at radius 2 is 2.00 bits per heavy atom. The van der Waals surface area contributed by atoms with Gasteiger partial charge in [-0.2, -0.15) is 5.26 Å². The SMILES string of the molecule is COC(=O)c1sc(NC(=S)NC(=O)c2ccc3c(c2)OCCO3)c(C#N)c1C. The van der Waals surface area contributed by atoms with Gasteiger partial charge in [-0.25, -0.2) is 4.79 Å². The fourth-order valence-electron chi connectivity index (χ4n) is 2.52. The van der Waals surface area contributed by atoms with Crippen molar-refractivity contribution < 1.29 is 23.8 Å². The molecule has 2 N–H and O–H groups in total. The molecule has 1 aliphatic rings. The minimum Gasteiger partial charge on any atom is -0.486 e.